The molecule has 1 aliphatic carbocycles. The molecule has 1 saturated carbocycles. The molecular formula is C15H15NO5. The Labute approximate surface area is 121 Å². The Bertz CT molecular complexity index is 593. The maximum Gasteiger partial charge on any atom is 0.331 e. The summed E-state index contributed by atoms with van der Waals surface area (Å²) in [6.45, 7) is 0. The molecule has 0 saturated heterocycles. The summed E-state index contributed by atoms with van der Waals surface area (Å²) in [5.74, 6) is -0.653. The van der Waals surface area contributed by atoms with E-state index in [9.17, 15) is 19.7 Å². The van der Waals surface area contributed by atoms with Crippen molar-refractivity contribution in [1.82, 2.24) is 0 Å². The molecule has 0 spiro atoms. The predicted molar refractivity (Wildman–Crippen MR) is 75.5 cm³/mol. The lowest BCUT2D eigenvalue weighted by molar-refractivity contribution is -0.384. The number of carbonyl (C=O) groups excluding carboxylic acids is 2. The van der Waals surface area contributed by atoms with E-state index in [0.29, 0.717) is 18.4 Å². The lowest BCUT2D eigenvalue weighted by Crippen LogP contribution is -2.29. The minimum atomic E-state index is -0.652. The topological polar surface area (TPSA) is 86.5 Å². The van der Waals surface area contributed by atoms with Crippen molar-refractivity contribution >= 4 is 23.5 Å². The van der Waals surface area contributed by atoms with E-state index in [1.807, 2.05) is 0 Å². The van der Waals surface area contributed by atoms with Crippen molar-refractivity contribution in [3.8, 4) is 0 Å². The second-order valence-electron chi connectivity index (χ2n) is 4.82. The molecule has 2 rings (SSSR count). The molecule has 0 bridgehead atoms. The molecule has 110 valence electrons. The van der Waals surface area contributed by atoms with Gasteiger partial charge in [0.25, 0.3) is 5.69 Å². The zero-order valence-electron chi connectivity index (χ0n) is 11.4. The van der Waals surface area contributed by atoms with E-state index in [0.717, 1.165) is 12.8 Å². The molecule has 6 heteroatoms. The van der Waals surface area contributed by atoms with Gasteiger partial charge < -0.3 is 4.74 Å². The summed E-state index contributed by atoms with van der Waals surface area (Å²) in [4.78, 5) is 33.3. The van der Waals surface area contributed by atoms with Crippen LogP contribution in [0, 0.1) is 10.1 Å². The van der Waals surface area contributed by atoms with E-state index >= 15 is 0 Å². The minimum Gasteiger partial charge on any atom is -0.451 e. The quantitative estimate of drug-likeness (QED) is 0.368. The van der Waals surface area contributed by atoms with E-state index in [4.69, 9.17) is 4.74 Å². The molecule has 6 nitrogen and oxygen atoms in total. The van der Waals surface area contributed by atoms with Gasteiger partial charge in [-0.05, 0) is 30.9 Å². The number of benzene rings is 1. The first-order valence-corrected chi connectivity index (χ1v) is 6.72. The maximum atomic E-state index is 11.7. The first-order chi connectivity index (χ1) is 10.1. The molecule has 1 fully saturated rings. The number of nitro benzene ring substituents is 1. The molecule has 1 atom stereocenters. The van der Waals surface area contributed by atoms with Crippen molar-refractivity contribution in [2.75, 3.05) is 0 Å². The van der Waals surface area contributed by atoms with Crippen LogP contribution in [0.2, 0.25) is 0 Å². The van der Waals surface area contributed by atoms with Crippen LogP contribution in [0.15, 0.2) is 30.3 Å². The molecule has 0 N–H and O–H groups in total. The smallest absolute Gasteiger partial charge is 0.331 e. The molecule has 0 amide bonds. The predicted octanol–water partition coefficient (Wildman–Crippen LogP) is 2.66. The van der Waals surface area contributed by atoms with Gasteiger partial charge in [-0.2, -0.15) is 0 Å². The highest BCUT2D eigenvalue weighted by Crippen LogP contribution is 2.18. The van der Waals surface area contributed by atoms with E-state index in [2.05, 4.69) is 0 Å². The number of rotatable bonds is 4. The summed E-state index contributed by atoms with van der Waals surface area (Å²) in [6.07, 6.45) is 4.70. The summed E-state index contributed by atoms with van der Waals surface area (Å²) in [5, 5.41) is 10.6. The van der Waals surface area contributed by atoms with Gasteiger partial charge >= 0.3 is 5.97 Å². The van der Waals surface area contributed by atoms with Gasteiger partial charge in [-0.1, -0.05) is 12.1 Å². The molecule has 0 heterocycles. The van der Waals surface area contributed by atoms with Crippen LogP contribution in [-0.2, 0) is 14.3 Å². The second kappa shape index (κ2) is 6.78. The van der Waals surface area contributed by atoms with Crippen molar-refractivity contribution in [2.24, 2.45) is 0 Å². The summed E-state index contributed by atoms with van der Waals surface area (Å²) >= 11 is 0. The third kappa shape index (κ3) is 4.24. The Kier molecular flexibility index (Phi) is 4.81. The van der Waals surface area contributed by atoms with Crippen LogP contribution >= 0.6 is 0 Å². The van der Waals surface area contributed by atoms with Gasteiger partial charge in [0.2, 0.25) is 0 Å². The number of hydrogen-bond acceptors (Lipinski definition) is 5. The number of non-ortho nitro benzene ring substituents is 1. The van der Waals surface area contributed by atoms with Crippen molar-refractivity contribution in [1.29, 1.82) is 0 Å². The fourth-order valence-corrected chi connectivity index (χ4v) is 2.16. The summed E-state index contributed by atoms with van der Waals surface area (Å²) in [7, 11) is 0. The number of Topliss-reactive ketones (excluding diaryl/α,β-unsaturated/α-hetero) is 1. The van der Waals surface area contributed by atoms with Crippen LogP contribution in [0.3, 0.4) is 0 Å². The third-order valence-corrected chi connectivity index (χ3v) is 3.25. The van der Waals surface area contributed by atoms with Gasteiger partial charge in [0.1, 0.15) is 0 Å². The highest BCUT2D eigenvalue weighted by molar-refractivity contribution is 5.91. The molecule has 0 unspecified atom stereocenters. The monoisotopic (exact) mass is 289 g/mol. The van der Waals surface area contributed by atoms with Crippen molar-refractivity contribution in [3.63, 3.8) is 0 Å². The van der Waals surface area contributed by atoms with Gasteiger partial charge in [0.15, 0.2) is 11.9 Å². The first-order valence-electron chi connectivity index (χ1n) is 6.72. The lowest BCUT2D eigenvalue weighted by atomic mass is 9.96. The van der Waals surface area contributed by atoms with Crippen LogP contribution in [0.25, 0.3) is 6.08 Å². The number of nitrogens with zero attached hydrogens (tertiary/aromatic N) is 1. The minimum absolute atomic E-state index is 0.0432. The lowest BCUT2D eigenvalue weighted by Gasteiger charge is -2.19. The Balaban J connectivity index is 1.97. The van der Waals surface area contributed by atoms with E-state index < -0.39 is 17.0 Å². The van der Waals surface area contributed by atoms with E-state index in [1.54, 1.807) is 6.07 Å². The molecule has 0 aromatic heterocycles. The summed E-state index contributed by atoms with van der Waals surface area (Å²) < 4.78 is 5.09. The molecule has 1 aromatic carbocycles. The van der Waals surface area contributed by atoms with Gasteiger partial charge in [-0.25, -0.2) is 4.79 Å². The summed E-state index contributed by atoms with van der Waals surface area (Å²) in [6, 6.07) is 5.91. The van der Waals surface area contributed by atoms with Gasteiger partial charge in [0.05, 0.1) is 4.92 Å². The zero-order chi connectivity index (χ0) is 15.2. The van der Waals surface area contributed by atoms with Crippen LogP contribution in [0.1, 0.15) is 31.2 Å². The molecular weight excluding hydrogens is 274 g/mol. The van der Waals surface area contributed by atoms with Crippen molar-refractivity contribution in [2.45, 2.75) is 31.8 Å². The van der Waals surface area contributed by atoms with Crippen LogP contribution in [0.4, 0.5) is 5.69 Å². The SMILES string of the molecule is O=C(/C=C/c1cccc([N+](=O)[O-])c1)O[C@H]1CCCCC1=O. The standard InChI is InChI=1S/C15H15NO5/c17-13-6-1-2-7-14(13)21-15(18)9-8-11-4-3-5-12(10-11)16(19)20/h3-5,8-10,14H,1-2,6-7H2/b9-8+/t14-/m0/s1. The van der Waals surface area contributed by atoms with Gasteiger partial charge in [-0.3, -0.25) is 14.9 Å². The van der Waals surface area contributed by atoms with Crippen LogP contribution in [-0.4, -0.2) is 22.8 Å². The second-order valence-corrected chi connectivity index (χ2v) is 4.82. The highest BCUT2D eigenvalue weighted by atomic mass is 16.6. The van der Waals surface area contributed by atoms with Crippen LogP contribution < -0.4 is 0 Å². The number of nitro groups is 1. The van der Waals surface area contributed by atoms with Crippen molar-refractivity contribution < 1.29 is 19.2 Å². The Morgan fingerprint density at radius 1 is 1.38 bits per heavy atom. The normalized spacial score (nSPS) is 18.7. The Morgan fingerprint density at radius 2 is 2.19 bits per heavy atom. The average molecular weight is 289 g/mol. The fourth-order valence-electron chi connectivity index (χ4n) is 2.16. The molecule has 21 heavy (non-hydrogen) atoms. The fraction of sp³-hybridized carbons (Fsp3) is 0.333. The number of carbonyl (C=O) groups is 2. The van der Waals surface area contributed by atoms with Gasteiger partial charge in [-0.15, -0.1) is 0 Å². The largest absolute Gasteiger partial charge is 0.451 e. The third-order valence-electron chi connectivity index (χ3n) is 3.25. The average Bonchev–Trinajstić information content (AvgIpc) is 2.48. The zero-order valence-corrected chi connectivity index (χ0v) is 11.4. The number of esters is 1. The highest BCUT2D eigenvalue weighted by Gasteiger charge is 2.24. The Hall–Kier alpha value is -2.50. The maximum absolute atomic E-state index is 11.7. The number of ether oxygens (including phenoxy) is 1. The van der Waals surface area contributed by atoms with Gasteiger partial charge in [0, 0.05) is 24.6 Å². The van der Waals surface area contributed by atoms with E-state index in [1.165, 1.54) is 30.4 Å². The summed E-state index contributed by atoms with van der Waals surface area (Å²) in [5.41, 5.74) is 0.476. The number of hydrogen-bond donors (Lipinski definition) is 0. The molecule has 0 radical (unpaired) electrons. The van der Waals surface area contributed by atoms with Crippen molar-refractivity contribution in [3.05, 3.63) is 46.0 Å². The first kappa shape index (κ1) is 14.9. The molecule has 0 aliphatic heterocycles. The number of ketones is 1. The van der Waals surface area contributed by atoms with Crippen LogP contribution in [0.5, 0.6) is 0 Å². The van der Waals surface area contributed by atoms with E-state index in [-0.39, 0.29) is 11.5 Å². The Morgan fingerprint density at radius 3 is 2.90 bits per heavy atom. The molecule has 1 aliphatic rings. The molecule has 1 aromatic rings.